The number of nitrogens with zero attached hydrogens (tertiary/aromatic N) is 2. The molecule has 1 amide bonds. The Hall–Kier alpha value is -2.85. The number of nitrogens with one attached hydrogen (secondary N) is 1. The Kier molecular flexibility index (Phi) is 6.47. The van der Waals surface area contributed by atoms with E-state index in [1.165, 1.54) is 19.2 Å². The van der Waals surface area contributed by atoms with Gasteiger partial charge >= 0.3 is 0 Å². The van der Waals surface area contributed by atoms with Gasteiger partial charge in [0.25, 0.3) is 5.69 Å². The minimum Gasteiger partial charge on any atom is -0.495 e. The summed E-state index contributed by atoms with van der Waals surface area (Å²) < 4.78 is 30.7. The molecular weight excluding hydrogens is 410 g/mol. The zero-order valence-electron chi connectivity index (χ0n) is 15.3. The van der Waals surface area contributed by atoms with Gasteiger partial charge in [-0.2, -0.15) is 0 Å². The van der Waals surface area contributed by atoms with Gasteiger partial charge in [0.2, 0.25) is 15.9 Å². The summed E-state index contributed by atoms with van der Waals surface area (Å²) in [4.78, 5) is 22.7. The summed E-state index contributed by atoms with van der Waals surface area (Å²) in [5.41, 5.74) is 0.711. The zero-order chi connectivity index (χ0) is 21.1. The number of halogens is 1. The minimum atomic E-state index is -3.84. The Labute approximate surface area is 167 Å². The average molecular weight is 428 g/mol. The lowest BCUT2D eigenvalue weighted by atomic mass is 10.2. The van der Waals surface area contributed by atoms with Crippen molar-refractivity contribution in [1.82, 2.24) is 0 Å². The van der Waals surface area contributed by atoms with Crippen LogP contribution in [0.4, 0.5) is 17.1 Å². The van der Waals surface area contributed by atoms with Gasteiger partial charge in [-0.3, -0.25) is 19.2 Å². The first-order chi connectivity index (χ1) is 13.0. The highest BCUT2D eigenvalue weighted by atomic mass is 35.5. The van der Waals surface area contributed by atoms with Crippen LogP contribution < -0.4 is 14.4 Å². The zero-order valence-corrected chi connectivity index (χ0v) is 16.9. The van der Waals surface area contributed by atoms with E-state index in [1.807, 2.05) is 0 Å². The second-order valence-corrected chi connectivity index (χ2v) is 8.23. The standard InChI is InChI=1S/C17H18ClN3O6S/c1-11-4-7-16(27-2)15(8-11)20(28(3,25)26)10-17(22)19-14-9-12(21(23)24)5-6-13(14)18/h4-9H,10H2,1-3H3,(H,19,22). The van der Waals surface area contributed by atoms with Gasteiger partial charge in [0.1, 0.15) is 12.3 Å². The summed E-state index contributed by atoms with van der Waals surface area (Å²) >= 11 is 5.97. The maximum absolute atomic E-state index is 12.5. The van der Waals surface area contributed by atoms with Crippen LogP contribution in [0.2, 0.25) is 5.02 Å². The van der Waals surface area contributed by atoms with Crippen molar-refractivity contribution in [3.8, 4) is 5.75 Å². The maximum Gasteiger partial charge on any atom is 0.271 e. The first-order valence-electron chi connectivity index (χ1n) is 7.89. The van der Waals surface area contributed by atoms with E-state index in [9.17, 15) is 23.3 Å². The fraction of sp³-hybridized carbons (Fsp3) is 0.235. The summed E-state index contributed by atoms with van der Waals surface area (Å²) in [6.07, 6.45) is 0.961. The second kappa shape index (κ2) is 8.44. The molecule has 0 heterocycles. The van der Waals surface area contributed by atoms with E-state index in [2.05, 4.69) is 5.32 Å². The van der Waals surface area contributed by atoms with Crippen LogP contribution in [-0.2, 0) is 14.8 Å². The number of rotatable bonds is 7. The van der Waals surface area contributed by atoms with Crippen LogP contribution in [0.15, 0.2) is 36.4 Å². The summed E-state index contributed by atoms with van der Waals surface area (Å²) in [5, 5.41) is 13.4. The van der Waals surface area contributed by atoms with Crippen LogP contribution in [0.1, 0.15) is 5.56 Å². The van der Waals surface area contributed by atoms with Crippen molar-refractivity contribution in [3.63, 3.8) is 0 Å². The number of hydrogen-bond donors (Lipinski definition) is 1. The second-order valence-electron chi connectivity index (χ2n) is 5.91. The number of carbonyl (C=O) groups excluding carboxylic acids is 1. The predicted octanol–water partition coefficient (Wildman–Crippen LogP) is 2.97. The average Bonchev–Trinajstić information content (AvgIpc) is 2.60. The van der Waals surface area contributed by atoms with Crippen molar-refractivity contribution in [1.29, 1.82) is 0 Å². The molecule has 9 nitrogen and oxygen atoms in total. The normalized spacial score (nSPS) is 11.0. The molecule has 0 atom stereocenters. The molecule has 0 aliphatic rings. The molecule has 0 spiro atoms. The molecule has 0 saturated heterocycles. The van der Waals surface area contributed by atoms with Gasteiger partial charge in [-0.05, 0) is 30.7 Å². The molecular formula is C17H18ClN3O6S. The third-order valence-electron chi connectivity index (χ3n) is 3.73. The molecule has 2 aromatic carbocycles. The smallest absolute Gasteiger partial charge is 0.271 e. The highest BCUT2D eigenvalue weighted by molar-refractivity contribution is 7.92. The Balaban J connectivity index is 2.35. The van der Waals surface area contributed by atoms with Crippen LogP contribution in [-0.4, -0.2) is 39.2 Å². The number of carbonyl (C=O) groups is 1. The first-order valence-corrected chi connectivity index (χ1v) is 10.1. The summed E-state index contributed by atoms with van der Waals surface area (Å²) in [7, 11) is -2.45. The van der Waals surface area contributed by atoms with Gasteiger partial charge in [0.15, 0.2) is 0 Å². The van der Waals surface area contributed by atoms with E-state index in [4.69, 9.17) is 16.3 Å². The molecule has 1 N–H and O–H groups in total. The van der Waals surface area contributed by atoms with E-state index in [0.717, 1.165) is 22.2 Å². The topological polar surface area (TPSA) is 119 Å². The maximum atomic E-state index is 12.5. The lowest BCUT2D eigenvalue weighted by molar-refractivity contribution is -0.384. The largest absolute Gasteiger partial charge is 0.495 e. The number of sulfonamides is 1. The van der Waals surface area contributed by atoms with E-state index in [0.29, 0.717) is 0 Å². The third kappa shape index (κ3) is 5.11. The van der Waals surface area contributed by atoms with Crippen LogP contribution >= 0.6 is 11.6 Å². The number of nitro benzene ring substituents is 1. The summed E-state index contributed by atoms with van der Waals surface area (Å²) in [5.74, 6) is -0.450. The van der Waals surface area contributed by atoms with Gasteiger partial charge in [0, 0.05) is 12.1 Å². The summed E-state index contributed by atoms with van der Waals surface area (Å²) in [6, 6.07) is 8.47. The Bertz CT molecular complexity index is 1030. The van der Waals surface area contributed by atoms with E-state index in [-0.39, 0.29) is 27.8 Å². The Morgan fingerprint density at radius 2 is 1.96 bits per heavy atom. The van der Waals surface area contributed by atoms with E-state index >= 15 is 0 Å². The van der Waals surface area contributed by atoms with Crippen molar-refractivity contribution in [2.24, 2.45) is 0 Å². The number of nitro groups is 1. The van der Waals surface area contributed by atoms with Crippen LogP contribution in [0.3, 0.4) is 0 Å². The van der Waals surface area contributed by atoms with Crippen LogP contribution in [0.25, 0.3) is 0 Å². The number of ether oxygens (including phenoxy) is 1. The third-order valence-corrected chi connectivity index (χ3v) is 5.18. The first kappa shape index (κ1) is 21.5. The van der Waals surface area contributed by atoms with Crippen molar-refractivity contribution in [2.45, 2.75) is 6.92 Å². The number of aryl methyl sites for hydroxylation is 1. The lowest BCUT2D eigenvalue weighted by Crippen LogP contribution is -2.37. The monoisotopic (exact) mass is 427 g/mol. The highest BCUT2D eigenvalue weighted by Crippen LogP contribution is 2.31. The van der Waals surface area contributed by atoms with E-state index < -0.39 is 27.4 Å². The van der Waals surface area contributed by atoms with Gasteiger partial charge in [-0.25, -0.2) is 8.42 Å². The number of benzene rings is 2. The minimum absolute atomic E-state index is 0.00512. The molecule has 0 aromatic heterocycles. The number of methoxy groups -OCH3 is 1. The van der Waals surface area contributed by atoms with Gasteiger partial charge in [-0.15, -0.1) is 0 Å². The van der Waals surface area contributed by atoms with Crippen molar-refractivity contribution < 1.29 is 22.9 Å². The van der Waals surface area contributed by atoms with Crippen molar-refractivity contribution in [3.05, 3.63) is 57.1 Å². The molecule has 0 fully saturated rings. The number of amides is 1. The van der Waals surface area contributed by atoms with Gasteiger partial charge < -0.3 is 10.1 Å². The molecule has 0 radical (unpaired) electrons. The Morgan fingerprint density at radius 3 is 2.54 bits per heavy atom. The Morgan fingerprint density at radius 1 is 1.29 bits per heavy atom. The molecule has 0 unspecified atom stereocenters. The predicted molar refractivity (Wildman–Crippen MR) is 107 cm³/mol. The van der Waals surface area contributed by atoms with Gasteiger partial charge in [0.05, 0.1) is 34.7 Å². The van der Waals surface area contributed by atoms with Gasteiger partial charge in [-0.1, -0.05) is 17.7 Å². The molecule has 0 aliphatic heterocycles. The van der Waals surface area contributed by atoms with Crippen molar-refractivity contribution >= 4 is 44.6 Å². The number of hydrogen-bond acceptors (Lipinski definition) is 6. The summed E-state index contributed by atoms with van der Waals surface area (Å²) in [6.45, 7) is 1.20. The molecule has 0 aliphatic carbocycles. The highest BCUT2D eigenvalue weighted by Gasteiger charge is 2.25. The SMILES string of the molecule is COc1ccc(C)cc1N(CC(=O)Nc1cc([N+](=O)[O-])ccc1Cl)S(C)(=O)=O. The lowest BCUT2D eigenvalue weighted by Gasteiger charge is -2.24. The van der Waals surface area contributed by atoms with Crippen LogP contribution in [0.5, 0.6) is 5.75 Å². The fourth-order valence-electron chi connectivity index (χ4n) is 2.42. The molecule has 150 valence electrons. The molecule has 2 rings (SSSR count). The number of non-ortho nitro benzene ring substituents is 1. The molecule has 0 bridgehead atoms. The number of anilines is 2. The van der Waals surface area contributed by atoms with Crippen molar-refractivity contribution in [2.75, 3.05) is 29.5 Å². The molecule has 11 heteroatoms. The van der Waals surface area contributed by atoms with E-state index in [1.54, 1.807) is 25.1 Å². The molecule has 0 saturated carbocycles. The molecule has 28 heavy (non-hydrogen) atoms. The molecule has 2 aromatic rings. The van der Waals surface area contributed by atoms with Crippen LogP contribution in [0, 0.1) is 17.0 Å². The fourth-order valence-corrected chi connectivity index (χ4v) is 3.44. The quantitative estimate of drug-likeness (QED) is 0.536.